The second-order valence-corrected chi connectivity index (χ2v) is 7.46. The van der Waals surface area contributed by atoms with Crippen LogP contribution >= 0.6 is 15.9 Å². The van der Waals surface area contributed by atoms with Crippen molar-refractivity contribution in [2.24, 2.45) is 4.99 Å². The topological polar surface area (TPSA) is 73.8 Å². The molecule has 0 spiro atoms. The molecule has 0 bridgehead atoms. The average Bonchev–Trinajstić information content (AvgIpc) is 3.24. The highest BCUT2D eigenvalue weighted by Crippen LogP contribution is 2.26. The van der Waals surface area contributed by atoms with E-state index in [4.69, 9.17) is 0 Å². The minimum absolute atomic E-state index is 0.217. The molecule has 3 rings (SSSR count). The second-order valence-electron chi connectivity index (χ2n) is 4.86. The minimum Gasteiger partial charge on any atom is -0.343 e. The van der Waals surface area contributed by atoms with Crippen molar-refractivity contribution >= 4 is 31.9 Å². The standard InChI is InChI=1S/C12H15BrN4O2S/c13-9-1-5-11(6-2-9)20(18,19)16-12-14-7-17(8-15-12)10-3-4-10/h1-2,5-6,10H,3-4,7-8H2,(H2,14,15,16). The summed E-state index contributed by atoms with van der Waals surface area (Å²) in [6.45, 7) is 1.17. The number of nitrogens with zero attached hydrogens (tertiary/aromatic N) is 2. The molecule has 1 aromatic carbocycles. The maximum Gasteiger partial charge on any atom is 0.264 e. The van der Waals surface area contributed by atoms with Crippen molar-refractivity contribution in [1.29, 1.82) is 0 Å². The molecule has 1 aliphatic heterocycles. The van der Waals surface area contributed by atoms with E-state index in [9.17, 15) is 8.42 Å². The number of rotatable bonds is 3. The van der Waals surface area contributed by atoms with Gasteiger partial charge in [-0.3, -0.25) is 4.90 Å². The summed E-state index contributed by atoms with van der Waals surface area (Å²) in [6.07, 6.45) is 2.41. The van der Waals surface area contributed by atoms with Crippen molar-refractivity contribution in [3.63, 3.8) is 0 Å². The largest absolute Gasteiger partial charge is 0.343 e. The molecule has 0 radical (unpaired) electrons. The van der Waals surface area contributed by atoms with Crippen molar-refractivity contribution in [1.82, 2.24) is 14.9 Å². The number of sulfonamides is 1. The third-order valence-corrected chi connectivity index (χ3v) is 5.16. The predicted molar refractivity (Wildman–Crippen MR) is 79.6 cm³/mol. The van der Waals surface area contributed by atoms with Crippen LogP contribution in [0.1, 0.15) is 12.8 Å². The summed E-state index contributed by atoms with van der Waals surface area (Å²) in [6, 6.07) is 7.09. The molecule has 0 saturated heterocycles. The van der Waals surface area contributed by atoms with Crippen LogP contribution in [-0.4, -0.2) is 38.7 Å². The Balaban J connectivity index is 1.68. The molecule has 2 aliphatic rings. The summed E-state index contributed by atoms with van der Waals surface area (Å²) in [5.74, 6) is 0.310. The van der Waals surface area contributed by atoms with Crippen LogP contribution in [0.2, 0.25) is 0 Å². The Hall–Kier alpha value is -1.12. The summed E-state index contributed by atoms with van der Waals surface area (Å²) in [4.78, 5) is 6.64. The van der Waals surface area contributed by atoms with Gasteiger partial charge in [-0.1, -0.05) is 15.9 Å². The highest BCUT2D eigenvalue weighted by molar-refractivity contribution is 9.10. The molecule has 1 aromatic rings. The fourth-order valence-electron chi connectivity index (χ4n) is 2.00. The van der Waals surface area contributed by atoms with E-state index in [0.717, 1.165) is 4.47 Å². The molecule has 8 heteroatoms. The average molecular weight is 359 g/mol. The van der Waals surface area contributed by atoms with E-state index in [0.29, 0.717) is 25.3 Å². The molecule has 6 nitrogen and oxygen atoms in total. The Labute approximate surface area is 126 Å². The first-order valence-corrected chi connectivity index (χ1v) is 8.63. The second kappa shape index (κ2) is 5.34. The molecule has 2 N–H and O–H groups in total. The van der Waals surface area contributed by atoms with E-state index < -0.39 is 10.0 Å². The first kappa shape index (κ1) is 13.8. The molecule has 108 valence electrons. The van der Waals surface area contributed by atoms with Crippen LogP contribution < -0.4 is 10.0 Å². The number of nitrogens with one attached hydrogen (secondary N) is 2. The Bertz CT molecular complexity index is 625. The molecule has 1 fully saturated rings. The summed E-state index contributed by atoms with van der Waals surface area (Å²) >= 11 is 3.28. The van der Waals surface area contributed by atoms with Crippen LogP contribution in [-0.2, 0) is 10.0 Å². The molecular formula is C12H15BrN4O2S. The van der Waals surface area contributed by atoms with Crippen LogP contribution in [0.5, 0.6) is 0 Å². The summed E-state index contributed by atoms with van der Waals surface area (Å²) in [5.41, 5.74) is 0. The van der Waals surface area contributed by atoms with Crippen LogP contribution in [0.4, 0.5) is 0 Å². The smallest absolute Gasteiger partial charge is 0.264 e. The maximum atomic E-state index is 12.2. The van der Waals surface area contributed by atoms with Crippen LogP contribution in [0.3, 0.4) is 0 Å². The molecule has 1 saturated carbocycles. The third-order valence-electron chi connectivity index (χ3n) is 3.28. The number of guanidine groups is 1. The van der Waals surface area contributed by atoms with Crippen molar-refractivity contribution < 1.29 is 8.42 Å². The summed E-state index contributed by atoms with van der Waals surface area (Å²) < 4.78 is 27.7. The quantitative estimate of drug-likeness (QED) is 0.847. The van der Waals surface area contributed by atoms with Gasteiger partial charge in [0.05, 0.1) is 18.2 Å². The van der Waals surface area contributed by atoms with Gasteiger partial charge in [0.1, 0.15) is 0 Å². The van der Waals surface area contributed by atoms with E-state index in [1.54, 1.807) is 24.3 Å². The normalized spacial score (nSPS) is 20.1. The molecule has 1 aliphatic carbocycles. The number of aliphatic imine (C=N–C) groups is 1. The Kier molecular flexibility index (Phi) is 3.70. The monoisotopic (exact) mass is 358 g/mol. The fourth-order valence-corrected chi connectivity index (χ4v) is 3.26. The van der Waals surface area contributed by atoms with E-state index in [1.807, 2.05) is 0 Å². The lowest BCUT2D eigenvalue weighted by atomic mass is 10.4. The number of hydrogen-bond acceptors (Lipinski definition) is 5. The lowest BCUT2D eigenvalue weighted by molar-refractivity contribution is 0.253. The van der Waals surface area contributed by atoms with Gasteiger partial charge in [0.2, 0.25) is 5.96 Å². The van der Waals surface area contributed by atoms with Gasteiger partial charge in [0.25, 0.3) is 10.0 Å². The SMILES string of the molecule is O=S(=O)(NC1=NCN(C2CC2)CN1)c1ccc(Br)cc1. The lowest BCUT2D eigenvalue weighted by Gasteiger charge is -2.26. The number of hydrogen-bond donors (Lipinski definition) is 2. The highest BCUT2D eigenvalue weighted by atomic mass is 79.9. The number of halogens is 1. The van der Waals surface area contributed by atoms with Crippen molar-refractivity contribution in [2.45, 2.75) is 23.8 Å². The van der Waals surface area contributed by atoms with Crippen LogP contribution in [0, 0.1) is 0 Å². The number of benzene rings is 1. The van der Waals surface area contributed by atoms with Gasteiger partial charge < -0.3 is 5.32 Å². The highest BCUT2D eigenvalue weighted by Gasteiger charge is 2.30. The fraction of sp³-hybridized carbons (Fsp3) is 0.417. The molecular weight excluding hydrogens is 344 g/mol. The van der Waals surface area contributed by atoms with Gasteiger partial charge in [-0.05, 0) is 37.1 Å². The lowest BCUT2D eigenvalue weighted by Crippen LogP contribution is -2.50. The minimum atomic E-state index is -3.58. The zero-order valence-corrected chi connectivity index (χ0v) is 13.1. The van der Waals surface area contributed by atoms with Gasteiger partial charge in [-0.25, -0.2) is 18.1 Å². The Morgan fingerprint density at radius 2 is 2.00 bits per heavy atom. The van der Waals surface area contributed by atoms with Crippen molar-refractivity contribution in [3.8, 4) is 0 Å². The van der Waals surface area contributed by atoms with Crippen molar-refractivity contribution in [3.05, 3.63) is 28.7 Å². The van der Waals surface area contributed by atoms with Gasteiger partial charge in [0.15, 0.2) is 0 Å². The molecule has 0 aromatic heterocycles. The molecule has 0 unspecified atom stereocenters. The predicted octanol–water partition coefficient (Wildman–Crippen LogP) is 1.07. The van der Waals surface area contributed by atoms with E-state index in [1.165, 1.54) is 12.8 Å². The van der Waals surface area contributed by atoms with Gasteiger partial charge in [-0.15, -0.1) is 0 Å². The van der Waals surface area contributed by atoms with Crippen LogP contribution in [0.15, 0.2) is 38.6 Å². The molecule has 0 amide bonds. The maximum absolute atomic E-state index is 12.2. The van der Waals surface area contributed by atoms with E-state index in [-0.39, 0.29) is 4.90 Å². The molecule has 1 heterocycles. The first-order valence-electron chi connectivity index (χ1n) is 6.35. The Morgan fingerprint density at radius 3 is 2.55 bits per heavy atom. The van der Waals surface area contributed by atoms with Gasteiger partial charge >= 0.3 is 0 Å². The van der Waals surface area contributed by atoms with E-state index in [2.05, 4.69) is 35.9 Å². The van der Waals surface area contributed by atoms with Crippen LogP contribution in [0.25, 0.3) is 0 Å². The van der Waals surface area contributed by atoms with Crippen molar-refractivity contribution in [2.75, 3.05) is 13.3 Å². The van der Waals surface area contributed by atoms with Gasteiger partial charge in [-0.2, -0.15) is 0 Å². The molecule has 0 atom stereocenters. The third kappa shape index (κ3) is 3.13. The molecule has 20 heavy (non-hydrogen) atoms. The zero-order valence-electron chi connectivity index (χ0n) is 10.7. The van der Waals surface area contributed by atoms with E-state index >= 15 is 0 Å². The van der Waals surface area contributed by atoms with Gasteiger partial charge in [0, 0.05) is 10.5 Å². The first-order chi connectivity index (χ1) is 9.54. The zero-order chi connectivity index (χ0) is 14.2. The summed E-state index contributed by atoms with van der Waals surface area (Å²) in [5, 5.41) is 3.00. The Morgan fingerprint density at radius 1 is 1.30 bits per heavy atom. The summed E-state index contributed by atoms with van der Waals surface area (Å²) in [7, 11) is -3.58.